The van der Waals surface area contributed by atoms with Crippen molar-refractivity contribution >= 4 is 29.4 Å². The highest BCUT2D eigenvalue weighted by atomic mass is 32.2. The van der Waals surface area contributed by atoms with Gasteiger partial charge in [-0.25, -0.2) is 0 Å². The average molecular weight is 395 g/mol. The van der Waals surface area contributed by atoms with E-state index >= 15 is 0 Å². The number of carbonyl (C=O) groups excluding carboxylic acids is 1. The summed E-state index contributed by atoms with van der Waals surface area (Å²) >= 11 is 3.98. The van der Waals surface area contributed by atoms with Crippen LogP contribution < -0.4 is 5.32 Å². The molecule has 1 N–H and O–H groups in total. The molecule has 0 bridgehead atoms. The molecule has 1 unspecified atom stereocenters. The van der Waals surface area contributed by atoms with E-state index in [-0.39, 0.29) is 5.91 Å². The van der Waals surface area contributed by atoms with Crippen molar-refractivity contribution in [2.24, 2.45) is 5.92 Å². The summed E-state index contributed by atoms with van der Waals surface area (Å²) in [5.41, 5.74) is 2.08. The predicted molar refractivity (Wildman–Crippen MR) is 112 cm³/mol. The lowest BCUT2D eigenvalue weighted by Crippen LogP contribution is -2.49. The SMILES string of the molecule is CC(C)CC(CNC(=O)c1ccc(C2SCCS2)cc1)N1CCOCC1. The molecule has 0 aromatic heterocycles. The van der Waals surface area contributed by atoms with E-state index < -0.39 is 0 Å². The Kier molecular flexibility index (Phi) is 7.73. The Morgan fingerprint density at radius 3 is 2.46 bits per heavy atom. The zero-order valence-corrected chi connectivity index (χ0v) is 17.4. The van der Waals surface area contributed by atoms with Crippen LogP contribution in [0.2, 0.25) is 0 Å². The third kappa shape index (κ3) is 5.65. The summed E-state index contributed by atoms with van der Waals surface area (Å²) < 4.78 is 6.00. The van der Waals surface area contributed by atoms with E-state index in [0.717, 1.165) is 38.3 Å². The summed E-state index contributed by atoms with van der Waals surface area (Å²) in [6, 6.07) is 8.54. The van der Waals surface area contributed by atoms with Gasteiger partial charge in [-0.05, 0) is 30.0 Å². The van der Waals surface area contributed by atoms with Gasteiger partial charge in [0.05, 0.1) is 17.8 Å². The highest BCUT2D eigenvalue weighted by Crippen LogP contribution is 2.45. The van der Waals surface area contributed by atoms with Crippen molar-refractivity contribution in [1.29, 1.82) is 0 Å². The number of thioether (sulfide) groups is 2. The number of nitrogens with zero attached hydrogens (tertiary/aromatic N) is 1. The van der Waals surface area contributed by atoms with Gasteiger partial charge in [0.15, 0.2) is 0 Å². The molecule has 2 heterocycles. The molecule has 2 saturated heterocycles. The fraction of sp³-hybridized carbons (Fsp3) is 0.650. The first-order valence-electron chi connectivity index (χ1n) is 9.56. The summed E-state index contributed by atoms with van der Waals surface area (Å²) in [5.74, 6) is 3.08. The van der Waals surface area contributed by atoms with Crippen LogP contribution in [0.4, 0.5) is 0 Å². The van der Waals surface area contributed by atoms with Crippen LogP contribution in [0.3, 0.4) is 0 Å². The van der Waals surface area contributed by atoms with Crippen LogP contribution in [0.5, 0.6) is 0 Å². The van der Waals surface area contributed by atoms with Crippen molar-refractivity contribution in [1.82, 2.24) is 10.2 Å². The Morgan fingerprint density at radius 1 is 1.19 bits per heavy atom. The highest BCUT2D eigenvalue weighted by molar-refractivity contribution is 8.19. The summed E-state index contributed by atoms with van der Waals surface area (Å²) in [4.78, 5) is 15.0. The van der Waals surface area contributed by atoms with Crippen molar-refractivity contribution in [3.05, 3.63) is 35.4 Å². The first-order chi connectivity index (χ1) is 12.6. The molecule has 6 heteroatoms. The molecule has 1 amide bonds. The fourth-order valence-electron chi connectivity index (χ4n) is 3.50. The van der Waals surface area contributed by atoms with Gasteiger partial charge < -0.3 is 10.1 Å². The van der Waals surface area contributed by atoms with Crippen LogP contribution >= 0.6 is 23.5 Å². The number of rotatable bonds is 7. The van der Waals surface area contributed by atoms with Crippen molar-refractivity contribution in [3.8, 4) is 0 Å². The van der Waals surface area contributed by atoms with E-state index in [1.54, 1.807) is 0 Å². The number of amides is 1. The molecule has 0 aliphatic carbocycles. The van der Waals surface area contributed by atoms with E-state index in [1.807, 2.05) is 35.7 Å². The second kappa shape index (κ2) is 10.0. The molecule has 144 valence electrons. The zero-order valence-electron chi connectivity index (χ0n) is 15.8. The Hall–Kier alpha value is -0.690. The predicted octanol–water partition coefficient (Wildman–Crippen LogP) is 3.64. The van der Waals surface area contributed by atoms with Gasteiger partial charge in [-0.15, -0.1) is 23.5 Å². The number of ether oxygens (including phenoxy) is 1. The van der Waals surface area contributed by atoms with E-state index in [2.05, 4.69) is 36.2 Å². The zero-order chi connectivity index (χ0) is 18.4. The summed E-state index contributed by atoms with van der Waals surface area (Å²) in [7, 11) is 0. The van der Waals surface area contributed by atoms with Gasteiger partial charge in [0.2, 0.25) is 0 Å². The number of nitrogens with one attached hydrogen (secondary N) is 1. The molecule has 2 fully saturated rings. The molecule has 26 heavy (non-hydrogen) atoms. The first-order valence-corrected chi connectivity index (χ1v) is 11.7. The molecule has 3 rings (SSSR count). The molecule has 0 spiro atoms. The van der Waals surface area contributed by atoms with Crippen LogP contribution in [0, 0.1) is 5.92 Å². The van der Waals surface area contributed by atoms with Gasteiger partial charge in [-0.1, -0.05) is 26.0 Å². The topological polar surface area (TPSA) is 41.6 Å². The van der Waals surface area contributed by atoms with Crippen molar-refractivity contribution in [2.45, 2.75) is 30.9 Å². The molecule has 2 aliphatic heterocycles. The van der Waals surface area contributed by atoms with Crippen LogP contribution in [0.1, 0.15) is 40.8 Å². The molecule has 2 aliphatic rings. The Morgan fingerprint density at radius 2 is 1.85 bits per heavy atom. The summed E-state index contributed by atoms with van der Waals surface area (Å²) in [6.07, 6.45) is 1.09. The van der Waals surface area contributed by atoms with Gasteiger partial charge in [-0.3, -0.25) is 9.69 Å². The maximum Gasteiger partial charge on any atom is 0.251 e. The normalized spacial score (nSPS) is 20.4. The number of carbonyl (C=O) groups is 1. The smallest absolute Gasteiger partial charge is 0.251 e. The maximum atomic E-state index is 12.6. The van der Waals surface area contributed by atoms with Crippen LogP contribution in [0.25, 0.3) is 0 Å². The highest BCUT2D eigenvalue weighted by Gasteiger charge is 2.23. The van der Waals surface area contributed by atoms with Gasteiger partial charge >= 0.3 is 0 Å². The van der Waals surface area contributed by atoms with E-state index in [9.17, 15) is 4.79 Å². The molecule has 1 aromatic rings. The third-order valence-electron chi connectivity index (χ3n) is 4.87. The lowest BCUT2D eigenvalue weighted by atomic mass is 10.0. The molecule has 0 radical (unpaired) electrons. The minimum absolute atomic E-state index is 0.0327. The molecule has 4 nitrogen and oxygen atoms in total. The second-order valence-corrected chi connectivity index (χ2v) is 10.1. The second-order valence-electron chi connectivity index (χ2n) is 7.34. The van der Waals surface area contributed by atoms with Gasteiger partial charge in [0.1, 0.15) is 0 Å². The number of hydrogen-bond acceptors (Lipinski definition) is 5. The van der Waals surface area contributed by atoms with E-state index in [0.29, 0.717) is 23.1 Å². The lowest BCUT2D eigenvalue weighted by Gasteiger charge is -2.35. The molecule has 0 saturated carbocycles. The molecule has 1 atom stereocenters. The van der Waals surface area contributed by atoms with Gasteiger partial charge in [0, 0.05) is 42.7 Å². The molecule has 1 aromatic carbocycles. The quantitative estimate of drug-likeness (QED) is 0.765. The monoisotopic (exact) mass is 394 g/mol. The van der Waals surface area contributed by atoms with Gasteiger partial charge in [0.25, 0.3) is 5.91 Å². The van der Waals surface area contributed by atoms with Crippen molar-refractivity contribution < 1.29 is 9.53 Å². The summed E-state index contributed by atoms with van der Waals surface area (Å²) in [6.45, 7) is 8.69. The van der Waals surface area contributed by atoms with Crippen molar-refractivity contribution in [2.75, 3.05) is 44.4 Å². The molecular weight excluding hydrogens is 364 g/mol. The summed E-state index contributed by atoms with van der Waals surface area (Å²) in [5, 5.41) is 3.16. The fourth-order valence-corrected chi connectivity index (χ4v) is 6.36. The standard InChI is InChI=1S/C20H30N2O2S2/c1-15(2)13-18(22-7-9-24-10-8-22)14-21-19(23)16-3-5-17(6-4-16)20-25-11-12-26-20/h3-6,15,18,20H,7-14H2,1-2H3,(H,21,23). The maximum absolute atomic E-state index is 12.6. The minimum atomic E-state index is 0.0327. The Balaban J connectivity index is 1.55. The number of morpholine rings is 1. The minimum Gasteiger partial charge on any atom is -0.379 e. The van der Waals surface area contributed by atoms with Crippen LogP contribution in [0.15, 0.2) is 24.3 Å². The van der Waals surface area contributed by atoms with Crippen molar-refractivity contribution in [3.63, 3.8) is 0 Å². The Labute approximate surface area is 165 Å². The lowest BCUT2D eigenvalue weighted by molar-refractivity contribution is 0.0124. The largest absolute Gasteiger partial charge is 0.379 e. The first kappa shape index (κ1) is 20.1. The molecular formula is C20H30N2O2S2. The number of benzene rings is 1. The Bertz CT molecular complexity index is 568. The van der Waals surface area contributed by atoms with Gasteiger partial charge in [-0.2, -0.15) is 0 Å². The average Bonchev–Trinajstić information content (AvgIpc) is 3.20. The van der Waals surface area contributed by atoms with Crippen LogP contribution in [-0.2, 0) is 4.74 Å². The van der Waals surface area contributed by atoms with Crippen LogP contribution in [-0.4, -0.2) is 61.2 Å². The third-order valence-corrected chi connectivity index (χ3v) is 7.98. The van der Waals surface area contributed by atoms with E-state index in [1.165, 1.54) is 17.1 Å². The van der Waals surface area contributed by atoms with E-state index in [4.69, 9.17) is 4.74 Å². The number of hydrogen-bond donors (Lipinski definition) is 1.